The predicted molar refractivity (Wildman–Crippen MR) is 140 cm³/mol. The Morgan fingerprint density at radius 2 is 1.64 bits per heavy atom. The highest BCUT2D eigenvalue weighted by atomic mass is 16.3. The maximum Gasteiger partial charge on any atom is 0.259 e. The second-order valence-corrected chi connectivity index (χ2v) is 9.43. The van der Waals surface area contributed by atoms with Crippen LogP contribution in [0.4, 0.5) is 11.4 Å². The average Bonchev–Trinajstić information content (AvgIpc) is 3.40. The fourth-order valence-electron chi connectivity index (χ4n) is 5.32. The Bertz CT molecular complexity index is 1450. The topological polar surface area (TPSA) is 62.6 Å². The second kappa shape index (κ2) is 9.00. The van der Waals surface area contributed by atoms with Crippen molar-refractivity contribution in [2.75, 3.05) is 10.2 Å². The number of nitrogens with zero attached hydrogens (tertiary/aromatic N) is 1. The number of para-hydroxylation sites is 2. The lowest BCUT2D eigenvalue weighted by atomic mass is 9.80. The molecular formula is C31H26N2O3. The molecule has 0 fully saturated rings. The molecule has 1 aliphatic heterocycles. The summed E-state index contributed by atoms with van der Waals surface area (Å²) in [5, 5.41) is 3.55. The number of fused-ring (bicyclic) bond motifs is 1. The quantitative estimate of drug-likeness (QED) is 0.355. The van der Waals surface area contributed by atoms with Crippen molar-refractivity contribution in [3.8, 4) is 0 Å². The van der Waals surface area contributed by atoms with Gasteiger partial charge in [-0.1, -0.05) is 60.2 Å². The van der Waals surface area contributed by atoms with Crippen molar-refractivity contribution in [2.45, 2.75) is 31.7 Å². The molecule has 178 valence electrons. The van der Waals surface area contributed by atoms with Crippen LogP contribution in [0.1, 0.15) is 52.0 Å². The van der Waals surface area contributed by atoms with E-state index in [1.165, 1.54) is 0 Å². The van der Waals surface area contributed by atoms with Crippen molar-refractivity contribution in [3.63, 3.8) is 0 Å². The molecule has 0 saturated heterocycles. The molecule has 1 aromatic heterocycles. The fourth-order valence-corrected chi connectivity index (χ4v) is 5.32. The van der Waals surface area contributed by atoms with E-state index in [1.807, 2.05) is 97.9 Å². The monoisotopic (exact) mass is 474 g/mol. The summed E-state index contributed by atoms with van der Waals surface area (Å²) in [6.07, 6.45) is 2.60. The lowest BCUT2D eigenvalue weighted by Crippen LogP contribution is -2.38. The van der Waals surface area contributed by atoms with E-state index < -0.39 is 6.04 Å². The number of amides is 1. The lowest BCUT2D eigenvalue weighted by molar-refractivity contribution is -0.116. The molecule has 2 heterocycles. The smallest absolute Gasteiger partial charge is 0.259 e. The summed E-state index contributed by atoms with van der Waals surface area (Å²) in [6.45, 7) is 2.03. The van der Waals surface area contributed by atoms with Gasteiger partial charge in [0.1, 0.15) is 5.76 Å². The molecule has 2 atom stereocenters. The van der Waals surface area contributed by atoms with Gasteiger partial charge in [0.2, 0.25) is 0 Å². The van der Waals surface area contributed by atoms with Gasteiger partial charge in [0, 0.05) is 29.2 Å². The SMILES string of the molecule is Cc1ccc(C2C3=C(CC(c4ccco4)CC3=O)Nc3ccccc3N2C(=O)c2ccccc2)cc1. The number of allylic oxidation sites excluding steroid dienone is 1. The van der Waals surface area contributed by atoms with Crippen LogP contribution in [0.5, 0.6) is 0 Å². The summed E-state index contributed by atoms with van der Waals surface area (Å²) >= 11 is 0. The maximum absolute atomic E-state index is 14.1. The summed E-state index contributed by atoms with van der Waals surface area (Å²) in [4.78, 5) is 29.9. The van der Waals surface area contributed by atoms with E-state index in [2.05, 4.69) is 5.32 Å². The van der Waals surface area contributed by atoms with Crippen LogP contribution < -0.4 is 10.2 Å². The minimum Gasteiger partial charge on any atom is -0.469 e. The normalized spacial score (nSPS) is 19.2. The minimum atomic E-state index is -0.561. The van der Waals surface area contributed by atoms with Crippen molar-refractivity contribution < 1.29 is 14.0 Å². The number of anilines is 2. The van der Waals surface area contributed by atoms with E-state index in [4.69, 9.17) is 4.42 Å². The molecule has 1 N–H and O–H groups in total. The van der Waals surface area contributed by atoms with Crippen LogP contribution in [0.15, 0.2) is 113 Å². The number of Topliss-reactive ketones (excluding diaryl/α,β-unsaturated/α-hetero) is 1. The highest BCUT2D eigenvalue weighted by Gasteiger charge is 2.42. The Labute approximate surface area is 210 Å². The molecule has 2 aliphatic rings. The van der Waals surface area contributed by atoms with E-state index in [1.54, 1.807) is 11.2 Å². The van der Waals surface area contributed by atoms with Crippen LogP contribution in [-0.2, 0) is 4.79 Å². The first-order valence-electron chi connectivity index (χ1n) is 12.2. The molecule has 1 aliphatic carbocycles. The molecule has 0 radical (unpaired) electrons. The van der Waals surface area contributed by atoms with E-state index in [9.17, 15) is 9.59 Å². The number of furan rings is 1. The van der Waals surface area contributed by atoms with E-state index in [-0.39, 0.29) is 17.6 Å². The highest BCUT2D eigenvalue weighted by molar-refractivity contribution is 6.12. The third-order valence-electron chi connectivity index (χ3n) is 7.07. The summed E-state index contributed by atoms with van der Waals surface area (Å²) in [7, 11) is 0. The van der Waals surface area contributed by atoms with Gasteiger partial charge in [-0.15, -0.1) is 0 Å². The van der Waals surface area contributed by atoms with Gasteiger partial charge in [-0.3, -0.25) is 14.5 Å². The molecule has 0 spiro atoms. The lowest BCUT2D eigenvalue weighted by Gasteiger charge is -2.35. The molecule has 5 heteroatoms. The number of benzene rings is 3. The van der Waals surface area contributed by atoms with Gasteiger partial charge in [0.25, 0.3) is 5.91 Å². The molecule has 6 rings (SSSR count). The van der Waals surface area contributed by atoms with Gasteiger partial charge < -0.3 is 9.73 Å². The van der Waals surface area contributed by atoms with Crippen molar-refractivity contribution in [1.82, 2.24) is 0 Å². The summed E-state index contributed by atoms with van der Waals surface area (Å²) in [5.41, 5.74) is 5.63. The van der Waals surface area contributed by atoms with Crippen molar-refractivity contribution >= 4 is 23.1 Å². The number of hydrogen-bond acceptors (Lipinski definition) is 4. The Morgan fingerprint density at radius 3 is 2.39 bits per heavy atom. The summed E-state index contributed by atoms with van der Waals surface area (Å²) < 4.78 is 5.68. The van der Waals surface area contributed by atoms with Gasteiger partial charge in [-0.05, 0) is 55.3 Å². The number of hydrogen-bond donors (Lipinski definition) is 1. The van der Waals surface area contributed by atoms with E-state index in [0.29, 0.717) is 24.0 Å². The molecule has 1 amide bonds. The number of carbonyl (C=O) groups excluding carboxylic acids is 2. The molecule has 0 saturated carbocycles. The standard InChI is InChI=1S/C31H26N2O3/c1-20-13-15-21(16-14-20)30-29-25(18-23(19-27(29)34)28-12-7-17-36-28)32-24-10-5-6-11-26(24)33(30)31(35)22-8-3-2-4-9-22/h2-17,23,30,32H,18-19H2,1H3. The molecular weight excluding hydrogens is 448 g/mol. The Balaban J connectivity index is 1.58. The summed E-state index contributed by atoms with van der Waals surface area (Å²) in [6, 6.07) is 28.4. The molecule has 5 nitrogen and oxygen atoms in total. The van der Waals surface area contributed by atoms with Gasteiger partial charge in [-0.25, -0.2) is 0 Å². The third kappa shape index (κ3) is 3.83. The van der Waals surface area contributed by atoms with Gasteiger partial charge in [-0.2, -0.15) is 0 Å². The molecule has 4 aromatic rings. The average molecular weight is 475 g/mol. The van der Waals surface area contributed by atoms with Crippen LogP contribution in [-0.4, -0.2) is 11.7 Å². The molecule has 2 unspecified atom stereocenters. The summed E-state index contributed by atoms with van der Waals surface area (Å²) in [5.74, 6) is 0.624. The third-order valence-corrected chi connectivity index (χ3v) is 7.07. The zero-order valence-electron chi connectivity index (χ0n) is 20.0. The van der Waals surface area contributed by atoms with Gasteiger partial charge in [0.05, 0.1) is 23.7 Å². The van der Waals surface area contributed by atoms with Crippen molar-refractivity contribution in [1.29, 1.82) is 0 Å². The molecule has 0 bridgehead atoms. The number of carbonyl (C=O) groups is 2. The van der Waals surface area contributed by atoms with Crippen molar-refractivity contribution in [2.24, 2.45) is 0 Å². The minimum absolute atomic E-state index is 0.0226. The fraction of sp³-hybridized carbons (Fsp3) is 0.161. The molecule has 36 heavy (non-hydrogen) atoms. The Kier molecular flexibility index (Phi) is 5.53. The number of nitrogens with one attached hydrogen (secondary N) is 1. The van der Waals surface area contributed by atoms with E-state index in [0.717, 1.165) is 34.0 Å². The second-order valence-electron chi connectivity index (χ2n) is 9.43. The van der Waals surface area contributed by atoms with Crippen LogP contribution in [0.25, 0.3) is 0 Å². The predicted octanol–water partition coefficient (Wildman–Crippen LogP) is 6.80. The van der Waals surface area contributed by atoms with Crippen LogP contribution in [0.3, 0.4) is 0 Å². The number of aryl methyl sites for hydroxylation is 1. The first-order valence-corrected chi connectivity index (χ1v) is 12.2. The Morgan fingerprint density at radius 1 is 0.889 bits per heavy atom. The van der Waals surface area contributed by atoms with Gasteiger partial charge in [0.15, 0.2) is 5.78 Å². The number of ketones is 1. The zero-order valence-corrected chi connectivity index (χ0v) is 20.0. The molecule has 3 aromatic carbocycles. The van der Waals surface area contributed by atoms with Crippen LogP contribution in [0, 0.1) is 6.92 Å². The van der Waals surface area contributed by atoms with Crippen LogP contribution >= 0.6 is 0 Å². The van der Waals surface area contributed by atoms with Gasteiger partial charge >= 0.3 is 0 Å². The zero-order chi connectivity index (χ0) is 24.6. The first-order chi connectivity index (χ1) is 17.6. The van der Waals surface area contributed by atoms with Crippen molar-refractivity contribution in [3.05, 3.63) is 131 Å². The van der Waals surface area contributed by atoms with E-state index >= 15 is 0 Å². The van der Waals surface area contributed by atoms with Crippen LogP contribution in [0.2, 0.25) is 0 Å². The number of rotatable bonds is 3. The largest absolute Gasteiger partial charge is 0.469 e. The highest BCUT2D eigenvalue weighted by Crippen LogP contribution is 2.47. The Hall–Kier alpha value is -4.38. The maximum atomic E-state index is 14.1. The first kappa shape index (κ1) is 22.1.